The number of benzene rings is 1. The maximum absolute atomic E-state index is 12.6. The minimum atomic E-state index is -0.0552. The van der Waals surface area contributed by atoms with Crippen molar-refractivity contribution in [1.29, 1.82) is 0 Å². The highest BCUT2D eigenvalue weighted by atomic mass is 16.5. The molecular weight excluding hydrogens is 268 g/mol. The van der Waals surface area contributed by atoms with Crippen molar-refractivity contribution in [1.82, 2.24) is 9.78 Å². The first-order chi connectivity index (χ1) is 10.2. The zero-order chi connectivity index (χ0) is 14.8. The van der Waals surface area contributed by atoms with E-state index < -0.39 is 0 Å². The van der Waals surface area contributed by atoms with Crippen molar-refractivity contribution < 1.29 is 14.3 Å². The van der Waals surface area contributed by atoms with Gasteiger partial charge in [-0.3, -0.25) is 9.48 Å². The van der Waals surface area contributed by atoms with Gasteiger partial charge in [0, 0.05) is 19.0 Å². The Labute approximate surface area is 123 Å². The zero-order valence-electron chi connectivity index (χ0n) is 12.3. The van der Waals surface area contributed by atoms with E-state index in [1.54, 1.807) is 29.9 Å². The minimum absolute atomic E-state index is 0.0552. The molecule has 2 heterocycles. The van der Waals surface area contributed by atoms with Crippen LogP contribution in [0.15, 0.2) is 24.3 Å². The Bertz CT molecular complexity index is 676. The highest BCUT2D eigenvalue weighted by molar-refractivity contribution is 6.08. The van der Waals surface area contributed by atoms with Gasteiger partial charge < -0.3 is 9.47 Å². The molecule has 1 aromatic carbocycles. The van der Waals surface area contributed by atoms with Crippen LogP contribution in [0.4, 0.5) is 0 Å². The van der Waals surface area contributed by atoms with Crippen LogP contribution >= 0.6 is 0 Å². The van der Waals surface area contributed by atoms with E-state index in [1.807, 2.05) is 13.0 Å². The van der Waals surface area contributed by atoms with Gasteiger partial charge in [0.05, 0.1) is 18.9 Å². The molecule has 5 nitrogen and oxygen atoms in total. The molecule has 2 aromatic rings. The second kappa shape index (κ2) is 5.60. The number of aromatic nitrogens is 2. The molecule has 0 atom stereocenters. The number of aryl methyl sites for hydroxylation is 2. The minimum Gasteiger partial charge on any atom is -0.490 e. The van der Waals surface area contributed by atoms with Crippen LogP contribution in [0.5, 0.6) is 11.5 Å². The van der Waals surface area contributed by atoms with Gasteiger partial charge in [0.2, 0.25) is 5.78 Å². The van der Waals surface area contributed by atoms with Crippen molar-refractivity contribution in [3.05, 3.63) is 41.2 Å². The summed E-state index contributed by atoms with van der Waals surface area (Å²) in [7, 11) is 1.79. The highest BCUT2D eigenvalue weighted by Crippen LogP contribution is 2.31. The molecule has 0 amide bonds. The molecule has 0 saturated carbocycles. The maximum atomic E-state index is 12.6. The highest BCUT2D eigenvalue weighted by Gasteiger charge is 2.18. The average molecular weight is 286 g/mol. The number of carbonyl (C=O) groups excluding carboxylic acids is 1. The average Bonchev–Trinajstić information content (AvgIpc) is 2.72. The third kappa shape index (κ3) is 2.63. The first-order valence-corrected chi connectivity index (χ1v) is 7.16. The number of ketones is 1. The van der Waals surface area contributed by atoms with Crippen LogP contribution in [0.1, 0.15) is 35.1 Å². The van der Waals surface area contributed by atoms with E-state index in [-0.39, 0.29) is 5.78 Å². The van der Waals surface area contributed by atoms with E-state index in [0.717, 1.165) is 18.5 Å². The Balaban J connectivity index is 1.94. The molecule has 3 rings (SSSR count). The number of carbonyl (C=O) groups is 1. The number of ether oxygens (including phenoxy) is 2. The molecule has 0 unspecified atom stereocenters. The summed E-state index contributed by atoms with van der Waals surface area (Å²) in [6, 6.07) is 7.16. The fourth-order valence-electron chi connectivity index (χ4n) is 2.36. The third-order valence-electron chi connectivity index (χ3n) is 3.53. The van der Waals surface area contributed by atoms with Gasteiger partial charge in [-0.25, -0.2) is 0 Å². The summed E-state index contributed by atoms with van der Waals surface area (Å²) in [6.45, 7) is 3.27. The number of rotatable bonds is 3. The summed E-state index contributed by atoms with van der Waals surface area (Å²) in [5.41, 5.74) is 2.08. The lowest BCUT2D eigenvalue weighted by atomic mass is 10.1. The van der Waals surface area contributed by atoms with Crippen LogP contribution in [-0.4, -0.2) is 28.8 Å². The Hall–Kier alpha value is -2.30. The van der Waals surface area contributed by atoms with Crippen LogP contribution in [0.3, 0.4) is 0 Å². The SMILES string of the molecule is CCc1cc(C(=O)c2ccc3c(c2)OCCCO3)n(C)n1. The van der Waals surface area contributed by atoms with E-state index in [1.165, 1.54) is 0 Å². The van der Waals surface area contributed by atoms with Crippen molar-refractivity contribution in [3.63, 3.8) is 0 Å². The van der Waals surface area contributed by atoms with Gasteiger partial charge >= 0.3 is 0 Å². The summed E-state index contributed by atoms with van der Waals surface area (Å²) in [5, 5.41) is 4.32. The smallest absolute Gasteiger partial charge is 0.211 e. The van der Waals surface area contributed by atoms with Crippen molar-refractivity contribution in [2.75, 3.05) is 13.2 Å². The molecule has 5 heteroatoms. The molecule has 0 bridgehead atoms. The molecule has 0 N–H and O–H groups in total. The van der Waals surface area contributed by atoms with Gasteiger partial charge in [0.15, 0.2) is 11.5 Å². The Kier molecular flexibility index (Phi) is 3.64. The molecular formula is C16H18N2O3. The van der Waals surface area contributed by atoms with Gasteiger partial charge in [0.1, 0.15) is 5.69 Å². The molecule has 0 saturated heterocycles. The van der Waals surface area contributed by atoms with E-state index in [0.29, 0.717) is 36.0 Å². The Morgan fingerprint density at radius 2 is 2.00 bits per heavy atom. The zero-order valence-corrected chi connectivity index (χ0v) is 12.3. The number of hydrogen-bond donors (Lipinski definition) is 0. The molecule has 0 spiro atoms. The van der Waals surface area contributed by atoms with Crippen LogP contribution in [-0.2, 0) is 13.5 Å². The molecule has 110 valence electrons. The van der Waals surface area contributed by atoms with Crippen molar-refractivity contribution in [2.45, 2.75) is 19.8 Å². The van der Waals surface area contributed by atoms with Crippen LogP contribution in [0.2, 0.25) is 0 Å². The van der Waals surface area contributed by atoms with Crippen molar-refractivity contribution in [3.8, 4) is 11.5 Å². The van der Waals surface area contributed by atoms with Crippen molar-refractivity contribution >= 4 is 5.78 Å². The second-order valence-electron chi connectivity index (χ2n) is 5.04. The van der Waals surface area contributed by atoms with Gasteiger partial charge in [-0.15, -0.1) is 0 Å². The quantitative estimate of drug-likeness (QED) is 0.813. The topological polar surface area (TPSA) is 53.4 Å². The maximum Gasteiger partial charge on any atom is 0.211 e. The monoisotopic (exact) mass is 286 g/mol. The van der Waals surface area contributed by atoms with E-state index in [9.17, 15) is 4.79 Å². The van der Waals surface area contributed by atoms with Crippen LogP contribution in [0, 0.1) is 0 Å². The molecule has 1 aliphatic heterocycles. The largest absolute Gasteiger partial charge is 0.490 e. The summed E-state index contributed by atoms with van der Waals surface area (Å²) in [5.74, 6) is 1.28. The fraction of sp³-hybridized carbons (Fsp3) is 0.375. The third-order valence-corrected chi connectivity index (χ3v) is 3.53. The molecule has 1 aliphatic rings. The van der Waals surface area contributed by atoms with Gasteiger partial charge in [-0.1, -0.05) is 6.92 Å². The molecule has 0 radical (unpaired) electrons. The Morgan fingerprint density at radius 3 is 2.71 bits per heavy atom. The van der Waals surface area contributed by atoms with E-state index in [4.69, 9.17) is 9.47 Å². The van der Waals surface area contributed by atoms with Gasteiger partial charge in [0.25, 0.3) is 0 Å². The second-order valence-corrected chi connectivity index (χ2v) is 5.04. The number of fused-ring (bicyclic) bond motifs is 1. The van der Waals surface area contributed by atoms with Gasteiger partial charge in [-0.2, -0.15) is 5.10 Å². The van der Waals surface area contributed by atoms with Crippen molar-refractivity contribution in [2.24, 2.45) is 7.05 Å². The van der Waals surface area contributed by atoms with Crippen LogP contribution in [0.25, 0.3) is 0 Å². The molecule has 0 fully saturated rings. The summed E-state index contributed by atoms with van der Waals surface area (Å²) in [6.07, 6.45) is 1.65. The standard InChI is InChI=1S/C16H18N2O3/c1-3-12-10-13(18(2)17-12)16(19)11-5-6-14-15(9-11)21-8-4-7-20-14/h5-6,9-10H,3-4,7-8H2,1-2H3. The molecule has 0 aliphatic carbocycles. The number of hydrogen-bond acceptors (Lipinski definition) is 4. The predicted octanol–water partition coefficient (Wildman–Crippen LogP) is 2.37. The lowest BCUT2D eigenvalue weighted by Crippen LogP contribution is -2.08. The van der Waals surface area contributed by atoms with E-state index >= 15 is 0 Å². The van der Waals surface area contributed by atoms with Crippen LogP contribution < -0.4 is 9.47 Å². The molecule has 21 heavy (non-hydrogen) atoms. The Morgan fingerprint density at radius 1 is 1.24 bits per heavy atom. The number of nitrogens with zero attached hydrogens (tertiary/aromatic N) is 2. The normalized spacial score (nSPS) is 13.8. The first kappa shape index (κ1) is 13.7. The lowest BCUT2D eigenvalue weighted by Gasteiger charge is -2.08. The first-order valence-electron chi connectivity index (χ1n) is 7.16. The molecule has 1 aromatic heterocycles. The summed E-state index contributed by atoms with van der Waals surface area (Å²) in [4.78, 5) is 12.6. The lowest BCUT2D eigenvalue weighted by molar-refractivity contribution is 0.103. The fourth-order valence-corrected chi connectivity index (χ4v) is 2.36. The summed E-state index contributed by atoms with van der Waals surface area (Å²) >= 11 is 0. The summed E-state index contributed by atoms with van der Waals surface area (Å²) < 4.78 is 12.8. The van der Waals surface area contributed by atoms with E-state index in [2.05, 4.69) is 5.10 Å². The predicted molar refractivity (Wildman–Crippen MR) is 78.1 cm³/mol. The van der Waals surface area contributed by atoms with Gasteiger partial charge in [-0.05, 0) is 30.7 Å².